The van der Waals surface area contributed by atoms with Crippen LogP contribution in [0.2, 0.25) is 0 Å². The van der Waals surface area contributed by atoms with E-state index in [0.29, 0.717) is 41.5 Å². The molecular formula is C20H17NO6. The molecule has 0 spiro atoms. The van der Waals surface area contributed by atoms with E-state index in [2.05, 4.69) is 5.32 Å². The minimum Gasteiger partial charge on any atom is -0.462 e. The van der Waals surface area contributed by atoms with E-state index in [9.17, 15) is 9.59 Å². The molecule has 0 unspecified atom stereocenters. The number of rotatable bonds is 5. The molecule has 0 aliphatic carbocycles. The maximum absolute atomic E-state index is 12.1. The molecule has 0 saturated carbocycles. The zero-order valence-corrected chi connectivity index (χ0v) is 14.6. The predicted octanol–water partition coefficient (Wildman–Crippen LogP) is 3.31. The van der Waals surface area contributed by atoms with Gasteiger partial charge in [0.2, 0.25) is 6.79 Å². The summed E-state index contributed by atoms with van der Waals surface area (Å²) < 4.78 is 21.1. The van der Waals surface area contributed by atoms with Gasteiger partial charge >= 0.3 is 11.6 Å². The maximum atomic E-state index is 12.1. The van der Waals surface area contributed by atoms with E-state index >= 15 is 0 Å². The van der Waals surface area contributed by atoms with Crippen molar-refractivity contribution in [3.05, 3.63) is 64.0 Å². The average Bonchev–Trinajstić information content (AvgIpc) is 3.12. The Morgan fingerprint density at radius 1 is 1.15 bits per heavy atom. The molecule has 0 atom stereocenters. The van der Waals surface area contributed by atoms with Crippen molar-refractivity contribution >= 4 is 22.6 Å². The molecule has 7 nitrogen and oxygen atoms in total. The predicted molar refractivity (Wildman–Crippen MR) is 98.3 cm³/mol. The second kappa shape index (κ2) is 7.03. The number of ether oxygens (including phenoxy) is 3. The van der Waals surface area contributed by atoms with Crippen LogP contribution in [0.15, 0.2) is 51.7 Å². The fourth-order valence-corrected chi connectivity index (χ4v) is 2.98. The maximum Gasteiger partial charge on any atom is 0.340 e. The summed E-state index contributed by atoms with van der Waals surface area (Å²) in [5.74, 6) is 0.745. The summed E-state index contributed by atoms with van der Waals surface area (Å²) in [5.41, 5.74) is 1.74. The molecule has 7 heteroatoms. The van der Waals surface area contributed by atoms with Crippen LogP contribution in [0, 0.1) is 0 Å². The monoisotopic (exact) mass is 367 g/mol. The molecule has 1 aliphatic rings. The van der Waals surface area contributed by atoms with Crippen molar-refractivity contribution in [2.75, 3.05) is 18.7 Å². The smallest absolute Gasteiger partial charge is 0.340 e. The van der Waals surface area contributed by atoms with Crippen molar-refractivity contribution in [3.63, 3.8) is 0 Å². The van der Waals surface area contributed by atoms with Gasteiger partial charge in [0.15, 0.2) is 11.5 Å². The summed E-state index contributed by atoms with van der Waals surface area (Å²) in [5, 5.41) is 3.94. The number of hydrogen-bond donors (Lipinski definition) is 1. The first-order chi connectivity index (χ1) is 13.2. The first-order valence-electron chi connectivity index (χ1n) is 8.52. The topological polar surface area (TPSA) is 87.0 Å². The number of anilines is 1. The quantitative estimate of drug-likeness (QED) is 0.547. The number of carbonyl (C=O) groups is 1. The van der Waals surface area contributed by atoms with Gasteiger partial charge in [-0.3, -0.25) is 0 Å². The van der Waals surface area contributed by atoms with Crippen LogP contribution in [0.1, 0.15) is 22.8 Å². The van der Waals surface area contributed by atoms with Gasteiger partial charge in [0.25, 0.3) is 0 Å². The lowest BCUT2D eigenvalue weighted by molar-refractivity contribution is 0.0527. The van der Waals surface area contributed by atoms with Gasteiger partial charge in [-0.15, -0.1) is 0 Å². The molecule has 1 aromatic heterocycles. The number of para-hydroxylation sites is 1. The SMILES string of the molecule is CCOC(=O)c1ccccc1NCc1cc(=O)oc2cc3c(cc12)OCO3. The molecule has 1 N–H and O–H groups in total. The van der Waals surface area contributed by atoms with Crippen LogP contribution in [-0.2, 0) is 11.3 Å². The molecule has 2 aromatic carbocycles. The first-order valence-corrected chi connectivity index (χ1v) is 8.52. The van der Waals surface area contributed by atoms with E-state index in [1.54, 1.807) is 37.3 Å². The zero-order chi connectivity index (χ0) is 18.8. The van der Waals surface area contributed by atoms with E-state index in [1.807, 2.05) is 6.07 Å². The summed E-state index contributed by atoms with van der Waals surface area (Å²) in [6.07, 6.45) is 0. The third-order valence-corrected chi connectivity index (χ3v) is 4.22. The van der Waals surface area contributed by atoms with Crippen LogP contribution in [0.4, 0.5) is 5.69 Å². The molecule has 2 heterocycles. The number of benzene rings is 2. The molecule has 27 heavy (non-hydrogen) atoms. The number of nitrogens with one attached hydrogen (secondary N) is 1. The highest BCUT2D eigenvalue weighted by atomic mass is 16.7. The van der Waals surface area contributed by atoms with Crippen LogP contribution < -0.4 is 20.4 Å². The number of carbonyl (C=O) groups excluding carboxylic acids is 1. The van der Waals surface area contributed by atoms with Crippen LogP contribution >= 0.6 is 0 Å². The Labute approximate surface area is 154 Å². The standard InChI is InChI=1S/C20H17NO6/c1-2-24-20(23)13-5-3-4-6-15(13)21-10-12-7-19(22)27-16-9-18-17(8-14(12)16)25-11-26-18/h3-9,21H,2,10-11H2,1H3. The van der Waals surface area contributed by atoms with Gasteiger partial charge < -0.3 is 23.9 Å². The molecule has 3 aromatic rings. The largest absolute Gasteiger partial charge is 0.462 e. The first kappa shape index (κ1) is 17.0. The van der Waals surface area contributed by atoms with Gasteiger partial charge in [-0.2, -0.15) is 0 Å². The highest BCUT2D eigenvalue weighted by molar-refractivity contribution is 5.95. The second-order valence-corrected chi connectivity index (χ2v) is 5.91. The van der Waals surface area contributed by atoms with Crippen molar-refractivity contribution in [1.82, 2.24) is 0 Å². The van der Waals surface area contributed by atoms with E-state index < -0.39 is 11.6 Å². The van der Waals surface area contributed by atoms with Crippen LogP contribution in [0.25, 0.3) is 11.0 Å². The fraction of sp³-hybridized carbons (Fsp3) is 0.200. The molecule has 4 rings (SSSR count). The van der Waals surface area contributed by atoms with Gasteiger partial charge in [-0.1, -0.05) is 12.1 Å². The molecular weight excluding hydrogens is 350 g/mol. The van der Waals surface area contributed by atoms with E-state index in [0.717, 1.165) is 10.9 Å². The summed E-state index contributed by atoms with van der Waals surface area (Å²) in [6.45, 7) is 2.51. The highest BCUT2D eigenvalue weighted by Gasteiger charge is 2.18. The number of esters is 1. The Kier molecular flexibility index (Phi) is 4.42. The Morgan fingerprint density at radius 2 is 1.93 bits per heavy atom. The number of fused-ring (bicyclic) bond motifs is 2. The van der Waals surface area contributed by atoms with E-state index in [-0.39, 0.29) is 6.79 Å². The minimum absolute atomic E-state index is 0.135. The molecule has 1 aliphatic heterocycles. The lowest BCUT2D eigenvalue weighted by Crippen LogP contribution is -2.11. The lowest BCUT2D eigenvalue weighted by atomic mass is 10.1. The van der Waals surface area contributed by atoms with Crippen LogP contribution in [-0.4, -0.2) is 19.4 Å². The van der Waals surface area contributed by atoms with Gasteiger partial charge in [0.1, 0.15) is 5.58 Å². The zero-order valence-electron chi connectivity index (χ0n) is 14.6. The number of hydrogen-bond acceptors (Lipinski definition) is 7. The summed E-state index contributed by atoms with van der Waals surface area (Å²) in [4.78, 5) is 24.0. The Hall–Kier alpha value is -3.48. The lowest BCUT2D eigenvalue weighted by Gasteiger charge is -2.12. The van der Waals surface area contributed by atoms with Crippen molar-refractivity contribution in [1.29, 1.82) is 0 Å². The van der Waals surface area contributed by atoms with Gasteiger partial charge in [-0.25, -0.2) is 9.59 Å². The molecule has 0 saturated heterocycles. The molecule has 0 bridgehead atoms. The summed E-state index contributed by atoms with van der Waals surface area (Å²) >= 11 is 0. The Morgan fingerprint density at radius 3 is 2.74 bits per heavy atom. The fourth-order valence-electron chi connectivity index (χ4n) is 2.98. The Bertz CT molecular complexity index is 1070. The van der Waals surface area contributed by atoms with Crippen molar-refractivity contribution in [3.8, 4) is 11.5 Å². The molecule has 0 amide bonds. The van der Waals surface area contributed by atoms with Gasteiger partial charge in [-0.05, 0) is 30.7 Å². The van der Waals surface area contributed by atoms with E-state index in [1.165, 1.54) is 6.07 Å². The van der Waals surface area contributed by atoms with Gasteiger partial charge in [0.05, 0.1) is 12.2 Å². The van der Waals surface area contributed by atoms with Crippen molar-refractivity contribution in [2.45, 2.75) is 13.5 Å². The van der Waals surface area contributed by atoms with Crippen molar-refractivity contribution in [2.24, 2.45) is 0 Å². The van der Waals surface area contributed by atoms with Gasteiger partial charge in [0, 0.05) is 29.8 Å². The third-order valence-electron chi connectivity index (χ3n) is 4.22. The van der Waals surface area contributed by atoms with Crippen LogP contribution in [0.3, 0.4) is 0 Å². The third kappa shape index (κ3) is 3.31. The normalized spacial score (nSPS) is 12.2. The Balaban J connectivity index is 1.67. The molecule has 138 valence electrons. The summed E-state index contributed by atoms with van der Waals surface area (Å²) in [7, 11) is 0. The molecule has 0 radical (unpaired) electrons. The molecule has 0 fully saturated rings. The van der Waals surface area contributed by atoms with E-state index in [4.69, 9.17) is 18.6 Å². The van der Waals surface area contributed by atoms with Crippen LogP contribution in [0.5, 0.6) is 11.5 Å². The van der Waals surface area contributed by atoms with Crippen molar-refractivity contribution < 1.29 is 23.4 Å². The second-order valence-electron chi connectivity index (χ2n) is 5.91. The minimum atomic E-state index is -0.461. The summed E-state index contributed by atoms with van der Waals surface area (Å²) in [6, 6.07) is 11.9. The highest BCUT2D eigenvalue weighted by Crippen LogP contribution is 2.36. The average molecular weight is 367 g/mol.